The number of aromatic nitrogens is 1. The maximum Gasteiger partial charge on any atom is 0.256 e. The average Bonchev–Trinajstić information content (AvgIpc) is 2.82. The van der Waals surface area contributed by atoms with E-state index in [1.54, 1.807) is 31.4 Å². The number of nitriles is 1. The number of hydrogen-bond acceptors (Lipinski definition) is 6. The predicted octanol–water partition coefficient (Wildman–Crippen LogP) is 1.55. The van der Waals surface area contributed by atoms with E-state index in [9.17, 15) is 8.42 Å². The second-order valence-corrected chi connectivity index (χ2v) is 6.07. The average molecular weight is 292 g/mol. The number of hydrogen-bond donors (Lipinski definition) is 0. The Balaban J connectivity index is 2.35. The molecule has 0 unspecified atom stereocenters. The van der Waals surface area contributed by atoms with Gasteiger partial charge in [-0.05, 0) is 17.7 Å². The molecule has 0 N–H and O–H groups in total. The number of oxazole rings is 1. The predicted molar refractivity (Wildman–Crippen MR) is 70.1 cm³/mol. The minimum absolute atomic E-state index is 0.176. The van der Waals surface area contributed by atoms with E-state index in [1.165, 1.54) is 0 Å². The van der Waals surface area contributed by atoms with Crippen molar-refractivity contribution < 1.29 is 17.6 Å². The van der Waals surface area contributed by atoms with Crippen LogP contribution in [0, 0.1) is 11.3 Å². The van der Waals surface area contributed by atoms with Crippen LogP contribution >= 0.6 is 0 Å². The molecular formula is C13H12N2O4S. The minimum Gasteiger partial charge on any atom is -0.497 e. The molecule has 0 aliphatic carbocycles. The second kappa shape index (κ2) is 5.35. The number of rotatable bonds is 4. The van der Waals surface area contributed by atoms with Gasteiger partial charge in [0.2, 0.25) is 15.7 Å². The smallest absolute Gasteiger partial charge is 0.256 e. The van der Waals surface area contributed by atoms with Crippen LogP contribution in [0.4, 0.5) is 0 Å². The minimum atomic E-state index is -3.61. The lowest BCUT2D eigenvalue weighted by Gasteiger charge is -2.01. The normalized spacial score (nSPS) is 11.1. The number of benzene rings is 1. The van der Waals surface area contributed by atoms with Crippen LogP contribution in [0.2, 0.25) is 0 Å². The molecule has 0 saturated heterocycles. The third-order valence-corrected chi connectivity index (χ3v) is 3.52. The fourth-order valence-electron chi connectivity index (χ4n) is 1.70. The van der Waals surface area contributed by atoms with Gasteiger partial charge in [0, 0.05) is 12.7 Å². The Kier molecular flexibility index (Phi) is 3.77. The Hall–Kier alpha value is -2.33. The Bertz CT molecular complexity index is 772. The van der Waals surface area contributed by atoms with Crippen molar-refractivity contribution in [1.29, 1.82) is 5.26 Å². The van der Waals surface area contributed by atoms with Crippen LogP contribution in [0.15, 0.2) is 33.8 Å². The van der Waals surface area contributed by atoms with Crippen molar-refractivity contribution in [2.45, 2.75) is 11.5 Å². The zero-order valence-electron chi connectivity index (χ0n) is 11.0. The van der Waals surface area contributed by atoms with Crippen molar-refractivity contribution >= 4 is 9.84 Å². The number of nitrogens with zero attached hydrogens (tertiary/aromatic N) is 2. The van der Waals surface area contributed by atoms with Crippen LogP contribution in [0.1, 0.15) is 17.1 Å². The molecule has 0 fully saturated rings. The number of methoxy groups -OCH3 is 1. The van der Waals surface area contributed by atoms with Gasteiger partial charge in [-0.2, -0.15) is 5.26 Å². The van der Waals surface area contributed by atoms with Gasteiger partial charge in [-0.25, -0.2) is 13.4 Å². The molecule has 2 rings (SSSR count). The highest BCUT2D eigenvalue weighted by Gasteiger charge is 2.22. The Labute approximate surface area is 116 Å². The maximum atomic E-state index is 11.5. The van der Waals surface area contributed by atoms with Gasteiger partial charge in [-0.1, -0.05) is 12.1 Å². The topological polar surface area (TPSA) is 93.2 Å². The lowest BCUT2D eigenvalue weighted by molar-refractivity contribution is 0.410. The monoisotopic (exact) mass is 292 g/mol. The molecule has 1 aromatic carbocycles. The molecule has 0 radical (unpaired) electrons. The van der Waals surface area contributed by atoms with Crippen LogP contribution in [0.5, 0.6) is 5.75 Å². The van der Waals surface area contributed by atoms with Crippen molar-refractivity contribution in [3.8, 4) is 11.8 Å². The van der Waals surface area contributed by atoms with Crippen molar-refractivity contribution in [2.24, 2.45) is 0 Å². The van der Waals surface area contributed by atoms with E-state index in [-0.39, 0.29) is 18.0 Å². The van der Waals surface area contributed by atoms with E-state index in [4.69, 9.17) is 14.4 Å². The van der Waals surface area contributed by atoms with Gasteiger partial charge in [0.25, 0.3) is 5.09 Å². The van der Waals surface area contributed by atoms with Crippen LogP contribution < -0.4 is 4.74 Å². The zero-order chi connectivity index (χ0) is 14.8. The Morgan fingerprint density at radius 2 is 2.20 bits per heavy atom. The van der Waals surface area contributed by atoms with Crippen molar-refractivity contribution in [2.75, 3.05) is 13.4 Å². The third-order valence-electron chi connectivity index (χ3n) is 2.57. The molecule has 0 aliphatic rings. The first-order valence-electron chi connectivity index (χ1n) is 5.67. The lowest BCUT2D eigenvalue weighted by Crippen LogP contribution is -1.97. The van der Waals surface area contributed by atoms with Crippen molar-refractivity contribution in [3.63, 3.8) is 0 Å². The quantitative estimate of drug-likeness (QED) is 0.848. The molecular weight excluding hydrogens is 280 g/mol. The molecule has 0 spiro atoms. The van der Waals surface area contributed by atoms with Gasteiger partial charge >= 0.3 is 0 Å². The highest BCUT2D eigenvalue weighted by molar-refractivity contribution is 7.90. The molecule has 20 heavy (non-hydrogen) atoms. The van der Waals surface area contributed by atoms with Crippen molar-refractivity contribution in [1.82, 2.24) is 4.98 Å². The lowest BCUT2D eigenvalue weighted by atomic mass is 10.1. The molecule has 7 heteroatoms. The molecule has 1 heterocycles. The van der Waals surface area contributed by atoms with Gasteiger partial charge < -0.3 is 9.15 Å². The van der Waals surface area contributed by atoms with Gasteiger partial charge in [0.05, 0.1) is 7.11 Å². The summed E-state index contributed by atoms with van der Waals surface area (Å²) < 4.78 is 33.2. The van der Waals surface area contributed by atoms with Crippen LogP contribution in [-0.4, -0.2) is 26.8 Å². The maximum absolute atomic E-state index is 11.5. The highest BCUT2D eigenvalue weighted by atomic mass is 32.2. The molecule has 6 nitrogen and oxygen atoms in total. The van der Waals surface area contributed by atoms with Crippen LogP contribution in [0.3, 0.4) is 0 Å². The number of ether oxygens (including phenoxy) is 1. The molecule has 0 bridgehead atoms. The molecule has 0 saturated carbocycles. The summed E-state index contributed by atoms with van der Waals surface area (Å²) in [4.78, 5) is 3.90. The van der Waals surface area contributed by atoms with Gasteiger partial charge in [-0.3, -0.25) is 0 Å². The first-order valence-corrected chi connectivity index (χ1v) is 7.56. The van der Waals surface area contributed by atoms with Gasteiger partial charge in [0.1, 0.15) is 11.8 Å². The van der Waals surface area contributed by atoms with E-state index < -0.39 is 14.9 Å². The molecule has 2 aromatic rings. The molecule has 0 atom stereocenters. The molecule has 0 aliphatic heterocycles. The number of sulfone groups is 1. The van der Waals surface area contributed by atoms with Crippen LogP contribution in [0.25, 0.3) is 0 Å². The molecule has 1 aromatic heterocycles. The summed E-state index contributed by atoms with van der Waals surface area (Å²) in [6.07, 6.45) is 1.26. The molecule has 104 valence electrons. The van der Waals surface area contributed by atoms with E-state index >= 15 is 0 Å². The summed E-state index contributed by atoms with van der Waals surface area (Å²) in [6.45, 7) is 0. The Morgan fingerprint density at radius 3 is 2.75 bits per heavy atom. The largest absolute Gasteiger partial charge is 0.497 e. The summed E-state index contributed by atoms with van der Waals surface area (Å²) in [5, 5.41) is 8.50. The summed E-state index contributed by atoms with van der Waals surface area (Å²) >= 11 is 0. The summed E-state index contributed by atoms with van der Waals surface area (Å²) in [6, 6.07) is 8.94. The Morgan fingerprint density at radius 1 is 1.45 bits per heavy atom. The third kappa shape index (κ3) is 2.97. The highest BCUT2D eigenvalue weighted by Crippen LogP contribution is 2.20. The zero-order valence-corrected chi connectivity index (χ0v) is 11.8. The summed E-state index contributed by atoms with van der Waals surface area (Å²) in [5.74, 6) is 0.855. The summed E-state index contributed by atoms with van der Waals surface area (Å²) in [7, 11) is -2.05. The fourth-order valence-corrected chi connectivity index (χ4v) is 2.39. The second-order valence-electron chi connectivity index (χ2n) is 4.16. The van der Waals surface area contributed by atoms with E-state index in [2.05, 4.69) is 4.98 Å². The first-order chi connectivity index (χ1) is 9.44. The van der Waals surface area contributed by atoms with Crippen LogP contribution in [-0.2, 0) is 16.3 Å². The van der Waals surface area contributed by atoms with E-state index in [0.29, 0.717) is 5.75 Å². The fraction of sp³-hybridized carbons (Fsp3) is 0.231. The van der Waals surface area contributed by atoms with Gasteiger partial charge in [-0.15, -0.1) is 0 Å². The first kappa shape index (κ1) is 14.1. The standard InChI is InChI=1S/C13H12N2O4S/c1-18-10-5-3-4-9(6-10)7-12-15-11(8-14)13(19-12)20(2,16)17/h3-6H,7H2,1-2H3. The van der Waals surface area contributed by atoms with E-state index in [1.807, 2.05) is 6.07 Å². The van der Waals surface area contributed by atoms with Crippen molar-refractivity contribution in [3.05, 3.63) is 41.4 Å². The molecule has 0 amide bonds. The van der Waals surface area contributed by atoms with Gasteiger partial charge in [0.15, 0.2) is 5.69 Å². The SMILES string of the molecule is COc1cccc(Cc2nc(C#N)c(S(C)(=O)=O)o2)c1. The summed E-state index contributed by atoms with van der Waals surface area (Å²) in [5.41, 5.74) is 0.625. The van der Waals surface area contributed by atoms with E-state index in [0.717, 1.165) is 11.8 Å².